The highest BCUT2D eigenvalue weighted by molar-refractivity contribution is 5.95. The Bertz CT molecular complexity index is 856. The lowest BCUT2D eigenvalue weighted by Gasteiger charge is -2.15. The number of amides is 1. The molecule has 3 aromatic rings. The fourth-order valence-corrected chi connectivity index (χ4v) is 2.87. The Hall–Kier alpha value is -3.02. The molecule has 0 aliphatic rings. The first-order valence-electron chi connectivity index (χ1n) is 8.72. The van der Waals surface area contributed by atoms with E-state index in [-0.39, 0.29) is 5.91 Å². The molecule has 1 unspecified atom stereocenters. The molecule has 0 saturated heterocycles. The van der Waals surface area contributed by atoms with Crippen LogP contribution in [0.15, 0.2) is 48.5 Å². The number of anilines is 1. The topological polar surface area (TPSA) is 83.6 Å². The van der Waals surface area contributed by atoms with Crippen LogP contribution in [0, 0.1) is 6.92 Å². The molecular weight excluding hydrogens is 326 g/mol. The summed E-state index contributed by atoms with van der Waals surface area (Å²) in [5, 5.41) is 17.1. The van der Waals surface area contributed by atoms with Crippen molar-refractivity contribution in [2.75, 3.05) is 5.32 Å². The summed E-state index contributed by atoms with van der Waals surface area (Å²) >= 11 is 0. The molecule has 1 aromatic heterocycles. The zero-order valence-corrected chi connectivity index (χ0v) is 15.2. The third-order valence-corrected chi connectivity index (χ3v) is 4.36. The number of rotatable bonds is 6. The lowest BCUT2D eigenvalue weighted by Crippen LogP contribution is -2.24. The van der Waals surface area contributed by atoms with Crippen LogP contribution in [0.1, 0.15) is 48.2 Å². The van der Waals surface area contributed by atoms with Crippen molar-refractivity contribution in [3.05, 3.63) is 71.0 Å². The molecule has 6 heteroatoms. The lowest BCUT2D eigenvalue weighted by atomic mass is 9.96. The minimum Gasteiger partial charge on any atom is -0.325 e. The summed E-state index contributed by atoms with van der Waals surface area (Å²) in [6, 6.07) is 16.0. The first-order chi connectivity index (χ1) is 12.5. The molecule has 26 heavy (non-hydrogen) atoms. The van der Waals surface area contributed by atoms with E-state index in [0.717, 1.165) is 16.8 Å². The van der Waals surface area contributed by atoms with E-state index in [4.69, 9.17) is 0 Å². The van der Waals surface area contributed by atoms with Crippen LogP contribution >= 0.6 is 0 Å². The standard InChI is InChI=1S/C20H23N5O/c1-13(2)16-7-9-17(10-8-16)21-20(26)18(19-22-24-25-23-19)12-15-6-4-5-14(3)11-15/h4-11,13,18H,12H2,1-3H3,(H,21,26)(H,22,23,24,25). The molecule has 3 rings (SSSR count). The van der Waals surface area contributed by atoms with Gasteiger partial charge in [0.15, 0.2) is 5.82 Å². The van der Waals surface area contributed by atoms with Gasteiger partial charge in [0.05, 0.1) is 0 Å². The van der Waals surface area contributed by atoms with Crippen molar-refractivity contribution in [2.24, 2.45) is 0 Å². The maximum absolute atomic E-state index is 12.9. The molecule has 0 aliphatic carbocycles. The minimum atomic E-state index is -0.514. The van der Waals surface area contributed by atoms with Gasteiger partial charge < -0.3 is 5.32 Å². The van der Waals surface area contributed by atoms with Crippen molar-refractivity contribution >= 4 is 11.6 Å². The van der Waals surface area contributed by atoms with Gasteiger partial charge in [-0.15, -0.1) is 10.2 Å². The zero-order chi connectivity index (χ0) is 18.5. The molecular formula is C20H23N5O. The second kappa shape index (κ2) is 7.91. The molecule has 0 radical (unpaired) electrons. The number of carbonyl (C=O) groups excluding carboxylic acids is 1. The quantitative estimate of drug-likeness (QED) is 0.712. The van der Waals surface area contributed by atoms with Crippen LogP contribution < -0.4 is 5.32 Å². The molecule has 0 aliphatic heterocycles. The van der Waals surface area contributed by atoms with Crippen LogP contribution in [0.3, 0.4) is 0 Å². The molecule has 2 aromatic carbocycles. The van der Waals surface area contributed by atoms with E-state index in [1.807, 2.05) is 49.4 Å². The van der Waals surface area contributed by atoms with Crippen molar-refractivity contribution in [3.8, 4) is 0 Å². The van der Waals surface area contributed by atoms with Crippen molar-refractivity contribution < 1.29 is 4.79 Å². The molecule has 0 fully saturated rings. The summed E-state index contributed by atoms with van der Waals surface area (Å²) in [6.07, 6.45) is 0.511. The van der Waals surface area contributed by atoms with E-state index < -0.39 is 5.92 Å². The second-order valence-corrected chi connectivity index (χ2v) is 6.78. The first kappa shape index (κ1) is 17.8. The number of H-pyrrole nitrogens is 1. The zero-order valence-electron chi connectivity index (χ0n) is 15.2. The van der Waals surface area contributed by atoms with Crippen LogP contribution in [-0.4, -0.2) is 26.5 Å². The number of carbonyl (C=O) groups is 1. The number of nitrogens with zero attached hydrogens (tertiary/aromatic N) is 3. The molecule has 0 bridgehead atoms. The predicted molar refractivity (Wildman–Crippen MR) is 101 cm³/mol. The van der Waals surface area contributed by atoms with Crippen LogP contribution in [-0.2, 0) is 11.2 Å². The largest absolute Gasteiger partial charge is 0.325 e. The maximum atomic E-state index is 12.9. The average molecular weight is 349 g/mol. The highest BCUT2D eigenvalue weighted by atomic mass is 16.1. The molecule has 1 atom stereocenters. The number of hydrogen-bond acceptors (Lipinski definition) is 4. The van der Waals surface area contributed by atoms with Gasteiger partial charge in [-0.25, -0.2) is 0 Å². The fourth-order valence-electron chi connectivity index (χ4n) is 2.87. The van der Waals surface area contributed by atoms with Crippen molar-refractivity contribution in [3.63, 3.8) is 0 Å². The Kier molecular flexibility index (Phi) is 5.41. The minimum absolute atomic E-state index is 0.148. The van der Waals surface area contributed by atoms with Gasteiger partial charge in [0.1, 0.15) is 5.92 Å². The summed E-state index contributed by atoms with van der Waals surface area (Å²) in [5.41, 5.74) is 4.21. The Morgan fingerprint density at radius 2 is 1.92 bits per heavy atom. The van der Waals surface area contributed by atoms with Crippen molar-refractivity contribution in [1.82, 2.24) is 20.6 Å². The van der Waals surface area contributed by atoms with E-state index in [0.29, 0.717) is 18.2 Å². The number of nitrogens with one attached hydrogen (secondary N) is 2. The number of aryl methyl sites for hydroxylation is 1. The predicted octanol–water partition coefficient (Wildman–Crippen LogP) is 3.60. The molecule has 1 amide bonds. The highest BCUT2D eigenvalue weighted by Gasteiger charge is 2.25. The Morgan fingerprint density at radius 3 is 2.54 bits per heavy atom. The van der Waals surface area contributed by atoms with Gasteiger partial charge in [0.2, 0.25) is 5.91 Å². The molecule has 0 saturated carbocycles. The van der Waals surface area contributed by atoms with E-state index in [2.05, 4.69) is 45.9 Å². The Labute approximate surface area is 153 Å². The van der Waals surface area contributed by atoms with Gasteiger partial charge in [-0.05, 0) is 42.5 Å². The summed E-state index contributed by atoms with van der Waals surface area (Å²) in [5.74, 6) is 0.182. The molecule has 2 N–H and O–H groups in total. The summed E-state index contributed by atoms with van der Waals surface area (Å²) in [7, 11) is 0. The SMILES string of the molecule is Cc1cccc(CC(C(=O)Nc2ccc(C(C)C)cc2)c2nn[nH]n2)c1. The summed E-state index contributed by atoms with van der Waals surface area (Å²) in [4.78, 5) is 12.9. The van der Waals surface area contributed by atoms with E-state index in [9.17, 15) is 4.79 Å². The molecule has 6 nitrogen and oxygen atoms in total. The van der Waals surface area contributed by atoms with Crippen LogP contribution in [0.4, 0.5) is 5.69 Å². The number of hydrogen-bond donors (Lipinski definition) is 2. The van der Waals surface area contributed by atoms with E-state index in [1.165, 1.54) is 5.56 Å². The highest BCUT2D eigenvalue weighted by Crippen LogP contribution is 2.22. The van der Waals surface area contributed by atoms with E-state index >= 15 is 0 Å². The van der Waals surface area contributed by atoms with Gasteiger partial charge in [-0.2, -0.15) is 5.21 Å². The molecule has 1 heterocycles. The van der Waals surface area contributed by atoms with Gasteiger partial charge >= 0.3 is 0 Å². The Balaban J connectivity index is 1.79. The number of benzene rings is 2. The number of aromatic amines is 1. The van der Waals surface area contributed by atoms with Crippen LogP contribution in [0.5, 0.6) is 0 Å². The maximum Gasteiger partial charge on any atom is 0.235 e. The average Bonchev–Trinajstić information content (AvgIpc) is 3.14. The second-order valence-electron chi connectivity index (χ2n) is 6.78. The molecule has 0 spiro atoms. The third-order valence-electron chi connectivity index (χ3n) is 4.36. The normalized spacial score (nSPS) is 12.2. The van der Waals surface area contributed by atoms with Gasteiger partial charge in [0.25, 0.3) is 0 Å². The summed E-state index contributed by atoms with van der Waals surface area (Å²) < 4.78 is 0. The third kappa shape index (κ3) is 4.33. The Morgan fingerprint density at radius 1 is 1.15 bits per heavy atom. The lowest BCUT2D eigenvalue weighted by molar-refractivity contribution is -0.117. The smallest absolute Gasteiger partial charge is 0.235 e. The van der Waals surface area contributed by atoms with Crippen LogP contribution in [0.2, 0.25) is 0 Å². The van der Waals surface area contributed by atoms with Gasteiger partial charge in [0, 0.05) is 5.69 Å². The van der Waals surface area contributed by atoms with Gasteiger partial charge in [-0.1, -0.05) is 61.0 Å². The monoisotopic (exact) mass is 349 g/mol. The van der Waals surface area contributed by atoms with Crippen LogP contribution in [0.25, 0.3) is 0 Å². The fraction of sp³-hybridized carbons (Fsp3) is 0.300. The van der Waals surface area contributed by atoms with Gasteiger partial charge in [-0.3, -0.25) is 4.79 Å². The number of aromatic nitrogens is 4. The van der Waals surface area contributed by atoms with E-state index in [1.54, 1.807) is 0 Å². The van der Waals surface area contributed by atoms with Crippen molar-refractivity contribution in [1.29, 1.82) is 0 Å². The molecule has 134 valence electrons. The number of tetrazole rings is 1. The first-order valence-corrected chi connectivity index (χ1v) is 8.72. The van der Waals surface area contributed by atoms with Crippen molar-refractivity contribution in [2.45, 2.75) is 39.0 Å². The summed E-state index contributed by atoms with van der Waals surface area (Å²) in [6.45, 7) is 6.31.